The van der Waals surface area contributed by atoms with Crippen LogP contribution in [0.4, 0.5) is 13.2 Å². The number of ether oxygens (including phenoxy) is 3. The van der Waals surface area contributed by atoms with Gasteiger partial charge in [-0.1, -0.05) is 263 Å². The fourth-order valence-electron chi connectivity index (χ4n) is 13.9. The first-order valence-corrected chi connectivity index (χ1v) is 54.4. The highest BCUT2D eigenvalue weighted by molar-refractivity contribution is 7.11. The number of methoxy groups -OCH3 is 1. The standard InChI is InChI=1S/C12H15NO.C9H9N.C9H10O.C9H8O.C7H6F3N.C7H9N.C7H8.C6H9N.C6H7N.C6H8O.C6H10O.C6H8S.C6H12.C6H10.C5H8N2.C5H11N.C5H10O.C4H8.4C2H6/c1-10-5-4-6-11(9-10)12(14)13-7-2-3-8-13;1-7-6-8-4-2-3-5-9(8)10-7;1-7-2-3-9-8(6-7)4-5-10-9;1-7-6-8-4-2-3-5-9(8)10-7;1-5-2-3-6(11-4-5)7(8,9)10;1-6-3-4-8-7(2)5-6;1-7-5-3-2-4-6-7;1-6-4-3-5-7(6)2;1-6-4-2-3-5-7-6;1-5-3-4-6(2)7-5;1-6-2-4-7-5-3-6;1-5-3-4-6(2)7-5;2*1-6-4-2-3-5-6;1-5-3-6-7(2)4-5;1-6-4-2-3-5-6;1-3-4-5-6-2;1-4-2-3-4;4*1-2/h4-6,9H,2-3,7-8H2,1H3;2-6,10H,1H3;2-3,6H,4-5H2,1H3;2-6H,1H3;2-4H,1H3;3-5H,1-2H3;2-6H,1H3;3-5H,1-2H3;2-5H,1H3;3-4H,1-2H3;2H,3-5H2,1H3;3-4H,1-2H3;6H,2-5H2,1H3;4H,2-3,5H2,1H3;3-4H,1-2H3;2-5H2,1H3;3-4H,5H2,1-2H3;4H,2-3H2,1H3;4*1-2H3. The molecule has 5 aromatic carbocycles. The van der Waals surface area contributed by atoms with Crippen LogP contribution in [0.1, 0.15) is 285 Å². The minimum atomic E-state index is -4.33. The summed E-state index contributed by atoms with van der Waals surface area (Å²) in [6.07, 6.45) is 35.0. The van der Waals surface area contributed by atoms with Gasteiger partial charge in [0.05, 0.1) is 32.6 Å². The number of para-hydroxylation sites is 2. The van der Waals surface area contributed by atoms with Crippen LogP contribution in [0.5, 0.6) is 5.75 Å². The van der Waals surface area contributed by atoms with Gasteiger partial charge in [0.2, 0.25) is 0 Å². The third-order valence-corrected chi connectivity index (χ3v) is 23.2. The highest BCUT2D eigenvalue weighted by Crippen LogP contribution is 2.29. The Morgan fingerprint density at radius 3 is 1.43 bits per heavy atom. The van der Waals surface area contributed by atoms with E-state index < -0.39 is 11.9 Å². The molecule has 14 aromatic rings. The lowest BCUT2D eigenvalue weighted by molar-refractivity contribution is -0.141. The number of likely N-dealkylation sites (tertiary alicyclic amines) is 2. The summed E-state index contributed by atoms with van der Waals surface area (Å²) < 4.78 is 65.0. The molecule has 19 heteroatoms. The van der Waals surface area contributed by atoms with E-state index in [4.69, 9.17) is 23.0 Å². The molecule has 1 N–H and O–H groups in total. The number of aromatic amines is 1. The fraction of sp³-hybridized carbons (Fsp3) is 0.450. The number of nitrogens with one attached hydrogen (secondary N) is 1. The molecule has 3 aliphatic carbocycles. The fourth-order valence-corrected chi connectivity index (χ4v) is 14.6. The van der Waals surface area contributed by atoms with Gasteiger partial charge in [0.25, 0.3) is 5.91 Å². The van der Waals surface area contributed by atoms with E-state index >= 15 is 0 Å². The summed E-state index contributed by atoms with van der Waals surface area (Å²) in [6.45, 7) is 64.9. The molecule has 1 amide bonds. The minimum Gasteiger partial charge on any atom is -0.493 e. The van der Waals surface area contributed by atoms with Crippen LogP contribution in [0.3, 0.4) is 0 Å². The quantitative estimate of drug-likeness (QED) is 0.168. The molecule has 2 saturated carbocycles. The topological polar surface area (TPSA) is 155 Å². The number of aryl methyl sites for hydroxylation is 17. The summed E-state index contributed by atoms with van der Waals surface area (Å²) in [5.41, 5.74) is 18.3. The second-order valence-electron chi connectivity index (χ2n) is 36.5. The summed E-state index contributed by atoms with van der Waals surface area (Å²) >= 11 is 1.84. The van der Waals surface area contributed by atoms with Crippen molar-refractivity contribution in [1.29, 1.82) is 0 Å². The Morgan fingerprint density at radius 2 is 1.06 bits per heavy atom. The van der Waals surface area contributed by atoms with Crippen molar-refractivity contribution in [3.05, 3.63) is 385 Å². The van der Waals surface area contributed by atoms with Gasteiger partial charge in [-0.05, 0) is 345 Å². The van der Waals surface area contributed by atoms with Crippen LogP contribution in [0.25, 0.3) is 21.9 Å². The Hall–Kier alpha value is -11.7. The summed E-state index contributed by atoms with van der Waals surface area (Å²) in [7, 11) is 7.80. The number of allylic oxidation sites excluding steroid dienone is 3. The van der Waals surface area contributed by atoms with Crippen LogP contribution < -0.4 is 4.74 Å². The lowest BCUT2D eigenvalue weighted by atomic mass is 10.1. The van der Waals surface area contributed by atoms with Crippen molar-refractivity contribution >= 4 is 39.1 Å². The zero-order chi connectivity index (χ0) is 111. The van der Waals surface area contributed by atoms with Gasteiger partial charge in [0, 0.05) is 121 Å². The van der Waals surface area contributed by atoms with Crippen LogP contribution >= 0.6 is 11.3 Å². The van der Waals surface area contributed by atoms with Crippen molar-refractivity contribution in [3.8, 4) is 5.75 Å². The lowest BCUT2D eigenvalue weighted by Gasteiger charge is -2.15. The Bertz CT molecular complexity index is 5300. The molecular weight excluding hydrogens is 1860 g/mol. The number of hydrogen-bond donors (Lipinski definition) is 1. The number of amides is 1. The number of furan rings is 2. The molecule has 0 bridgehead atoms. The number of H-pyrrole nitrogens is 1. The van der Waals surface area contributed by atoms with Crippen molar-refractivity contribution in [2.45, 2.75) is 296 Å². The Labute approximate surface area is 898 Å². The predicted octanol–water partition coefficient (Wildman–Crippen LogP) is 36.3. The molecule has 0 atom stereocenters. The summed E-state index contributed by atoms with van der Waals surface area (Å²) in [5.74, 6) is 6.33. The number of halogens is 3. The van der Waals surface area contributed by atoms with Crippen LogP contribution in [0.2, 0.25) is 0 Å². The number of hydrogen-bond acceptors (Lipinski definition) is 12. The molecule has 0 unspecified atom stereocenters. The number of aromatic nitrogens is 7. The van der Waals surface area contributed by atoms with Crippen molar-refractivity contribution in [2.24, 2.45) is 25.9 Å². The number of carbonyl (C=O) groups excluding carboxylic acids is 1. The molecule has 13 heterocycles. The number of alkyl halides is 3. The van der Waals surface area contributed by atoms with Gasteiger partial charge in [0.1, 0.15) is 34.3 Å². The second-order valence-corrected chi connectivity index (χ2v) is 38.0. The molecule has 21 rings (SSSR count). The van der Waals surface area contributed by atoms with Crippen LogP contribution in [0, 0.1) is 116 Å². The first kappa shape index (κ1) is 136. The monoisotopic (exact) mass is 2050 g/mol. The molecule has 2 saturated heterocycles. The minimum absolute atomic E-state index is 0.186. The van der Waals surface area contributed by atoms with Gasteiger partial charge in [0.15, 0.2) is 0 Å². The normalized spacial score (nSPS) is 13.1. The Kier molecular flexibility index (Phi) is 78.4. The van der Waals surface area contributed by atoms with E-state index in [0.717, 1.165) is 140 Å². The largest absolute Gasteiger partial charge is 0.493 e. The van der Waals surface area contributed by atoms with Gasteiger partial charge in [-0.3, -0.25) is 24.4 Å². The van der Waals surface area contributed by atoms with Gasteiger partial charge in [-0.25, -0.2) is 0 Å². The zero-order valence-corrected chi connectivity index (χ0v) is 97.8. The number of nitrogens with zero attached hydrogens (tertiary/aromatic N) is 8. The molecule has 0 radical (unpaired) electrons. The van der Waals surface area contributed by atoms with Crippen LogP contribution in [0.15, 0.2) is 294 Å². The molecule has 4 fully saturated rings. The average Bonchev–Trinajstić information content (AvgIpc) is 1.78. The Balaban J connectivity index is 0.00000155. The maximum absolute atomic E-state index is 11.9. The molecule has 7 aliphatic rings. The zero-order valence-electron chi connectivity index (χ0n) is 97.0. The second kappa shape index (κ2) is 85.1. The van der Waals surface area contributed by atoms with Gasteiger partial charge >= 0.3 is 6.18 Å². The molecule has 15 nitrogen and oxygen atoms in total. The van der Waals surface area contributed by atoms with Crippen molar-refractivity contribution < 1.29 is 41.0 Å². The molecule has 814 valence electrons. The van der Waals surface area contributed by atoms with Crippen molar-refractivity contribution in [1.82, 2.24) is 44.1 Å². The van der Waals surface area contributed by atoms with E-state index in [2.05, 4.69) is 209 Å². The number of rotatable bonds is 3. The number of carbonyl (C=O) groups is 1. The van der Waals surface area contributed by atoms with Crippen molar-refractivity contribution in [2.75, 3.05) is 66.8 Å². The van der Waals surface area contributed by atoms with Crippen molar-refractivity contribution in [3.63, 3.8) is 0 Å². The predicted molar refractivity (Wildman–Crippen MR) is 630 cm³/mol. The van der Waals surface area contributed by atoms with E-state index in [-0.39, 0.29) is 5.91 Å². The van der Waals surface area contributed by atoms with Crippen LogP contribution in [-0.4, -0.2) is 117 Å². The van der Waals surface area contributed by atoms with E-state index in [1.54, 1.807) is 30.5 Å². The molecule has 4 aliphatic heterocycles. The van der Waals surface area contributed by atoms with E-state index in [9.17, 15) is 18.0 Å². The Morgan fingerprint density at radius 1 is 0.486 bits per heavy atom. The number of fused-ring (bicyclic) bond motifs is 3. The maximum Gasteiger partial charge on any atom is 0.433 e. The molecule has 0 spiro atoms. The third kappa shape index (κ3) is 70.2. The smallest absolute Gasteiger partial charge is 0.433 e. The van der Waals surface area contributed by atoms with E-state index in [0.29, 0.717) is 0 Å². The van der Waals surface area contributed by atoms with E-state index in [1.807, 2.05) is 299 Å². The number of benzene rings is 5. The molecule has 148 heavy (non-hydrogen) atoms. The van der Waals surface area contributed by atoms with Gasteiger partial charge in [-0.15, -0.1) is 11.3 Å². The number of pyridine rings is 3. The van der Waals surface area contributed by atoms with Crippen LogP contribution in [-0.2, 0) is 36.2 Å². The van der Waals surface area contributed by atoms with Gasteiger partial charge in [-0.2, -0.15) is 18.3 Å². The first-order valence-electron chi connectivity index (χ1n) is 53.6. The maximum atomic E-state index is 11.9. The van der Waals surface area contributed by atoms with E-state index in [1.165, 1.54) is 167 Å². The lowest BCUT2D eigenvalue weighted by Crippen LogP contribution is -2.27. The molecular formula is C129H190F3N9O6S. The SMILES string of the molecule is CC.CC.CC.CC.CC1=CCCC1.CC1=CCOCC1.CC1CC1.CC1CCCC1.CC=CCOC.CN1CCCC1.Cc1cc2ccccc2[nH]1.Cc1cc2ccccc2o1.Cc1ccc(C(F)(F)F)nc1.Cc1ccc(C)o1.Cc1ccc(C)s1.Cc1ccc2c(c1)CCO2.Cc1cccc(C(=O)N2CCCC2)c1.Cc1ccccc1.Cc1ccccn1.Cc1cccn1C.Cc1ccnc(C)c1.Cc1cnn(C)c1. The highest BCUT2D eigenvalue weighted by Gasteiger charge is 2.32. The first-order chi connectivity index (χ1) is 71.0. The van der Waals surface area contributed by atoms with Gasteiger partial charge < -0.3 is 42.4 Å². The highest BCUT2D eigenvalue weighted by atomic mass is 32.1. The average molecular weight is 2050 g/mol. The third-order valence-electron chi connectivity index (χ3n) is 22.3. The molecule has 9 aromatic heterocycles. The summed E-state index contributed by atoms with van der Waals surface area (Å²) in [6, 6.07) is 69.5. The number of thiophene rings is 1. The summed E-state index contributed by atoms with van der Waals surface area (Å²) in [4.78, 5) is 33.5. The summed E-state index contributed by atoms with van der Waals surface area (Å²) in [5, 5.41) is 6.41.